The monoisotopic (exact) mass is 345 g/mol. The molecule has 1 aromatic carbocycles. The average molecular weight is 345 g/mol. The van der Waals surface area contributed by atoms with E-state index in [2.05, 4.69) is 4.90 Å². The molecular weight excluding hydrogens is 321 g/mol. The Kier molecular flexibility index (Phi) is 5.20. The number of piperazine rings is 1. The van der Waals surface area contributed by atoms with Crippen LogP contribution in [-0.2, 0) is 0 Å². The summed E-state index contributed by atoms with van der Waals surface area (Å²) < 4.78 is 16.0. The number of aryl methyl sites for hydroxylation is 1. The van der Waals surface area contributed by atoms with Crippen molar-refractivity contribution < 1.29 is 14.3 Å². The number of carbonyl (C=O) groups is 1. The van der Waals surface area contributed by atoms with Crippen LogP contribution in [0.3, 0.4) is 0 Å². The lowest BCUT2D eigenvalue weighted by Crippen LogP contribution is -2.49. The van der Waals surface area contributed by atoms with E-state index in [1.165, 1.54) is 6.07 Å². The third-order valence-electron chi connectivity index (χ3n) is 4.83. The van der Waals surface area contributed by atoms with Crippen LogP contribution in [0.25, 0.3) is 5.69 Å². The molecule has 0 spiro atoms. The van der Waals surface area contributed by atoms with Crippen LogP contribution in [0.4, 0.5) is 4.39 Å². The second-order valence-corrected chi connectivity index (χ2v) is 6.43. The maximum atomic E-state index is 14.2. The molecule has 6 heteroatoms. The van der Waals surface area contributed by atoms with Gasteiger partial charge in [-0.05, 0) is 32.0 Å². The van der Waals surface area contributed by atoms with E-state index < -0.39 is 0 Å². The summed E-state index contributed by atoms with van der Waals surface area (Å²) in [5.74, 6) is -0.319. The Morgan fingerprint density at radius 1 is 1.16 bits per heavy atom. The molecule has 1 amide bonds. The van der Waals surface area contributed by atoms with Crippen molar-refractivity contribution in [3.8, 4) is 5.69 Å². The summed E-state index contributed by atoms with van der Waals surface area (Å²) in [4.78, 5) is 16.9. The minimum Gasteiger partial charge on any atom is -0.395 e. The molecule has 1 aliphatic heterocycles. The molecule has 0 bridgehead atoms. The molecule has 3 rings (SSSR count). The molecule has 5 nitrogen and oxygen atoms in total. The summed E-state index contributed by atoms with van der Waals surface area (Å²) in [7, 11) is 0. The predicted molar refractivity (Wildman–Crippen MR) is 94.6 cm³/mol. The first kappa shape index (κ1) is 17.6. The lowest BCUT2D eigenvalue weighted by Gasteiger charge is -2.34. The van der Waals surface area contributed by atoms with Crippen LogP contribution < -0.4 is 0 Å². The Bertz CT molecular complexity index is 764. The van der Waals surface area contributed by atoms with E-state index in [0.29, 0.717) is 30.9 Å². The summed E-state index contributed by atoms with van der Waals surface area (Å²) >= 11 is 0. The summed E-state index contributed by atoms with van der Waals surface area (Å²) in [5.41, 5.74) is 2.68. The van der Waals surface area contributed by atoms with E-state index in [1.54, 1.807) is 22.8 Å². The van der Waals surface area contributed by atoms with E-state index in [0.717, 1.165) is 24.5 Å². The van der Waals surface area contributed by atoms with Crippen molar-refractivity contribution in [1.82, 2.24) is 14.4 Å². The Balaban J connectivity index is 1.84. The van der Waals surface area contributed by atoms with Gasteiger partial charge in [0.1, 0.15) is 5.82 Å². The maximum absolute atomic E-state index is 14.2. The van der Waals surface area contributed by atoms with Gasteiger partial charge in [-0.3, -0.25) is 9.69 Å². The Morgan fingerprint density at radius 3 is 2.48 bits per heavy atom. The number of amides is 1. The highest BCUT2D eigenvalue weighted by Crippen LogP contribution is 2.24. The molecule has 1 aromatic heterocycles. The van der Waals surface area contributed by atoms with Gasteiger partial charge in [0.15, 0.2) is 0 Å². The zero-order valence-electron chi connectivity index (χ0n) is 14.7. The summed E-state index contributed by atoms with van der Waals surface area (Å²) in [6.45, 7) is 7.33. The normalized spacial score (nSPS) is 15.6. The van der Waals surface area contributed by atoms with E-state index in [4.69, 9.17) is 5.11 Å². The van der Waals surface area contributed by atoms with Gasteiger partial charge in [-0.2, -0.15) is 0 Å². The van der Waals surface area contributed by atoms with Crippen LogP contribution in [0.2, 0.25) is 0 Å². The highest BCUT2D eigenvalue weighted by atomic mass is 19.1. The number of para-hydroxylation sites is 1. The second kappa shape index (κ2) is 7.37. The van der Waals surface area contributed by atoms with Gasteiger partial charge in [-0.25, -0.2) is 4.39 Å². The number of rotatable bonds is 4. The number of aliphatic hydroxyl groups excluding tert-OH is 1. The topological polar surface area (TPSA) is 48.7 Å². The number of halogens is 1. The van der Waals surface area contributed by atoms with Crippen molar-refractivity contribution in [3.63, 3.8) is 0 Å². The SMILES string of the molecule is Cc1cc(C(=O)N2CCN(CCO)CC2)c(C)n1-c1ccccc1F. The lowest BCUT2D eigenvalue weighted by atomic mass is 10.2. The molecule has 1 fully saturated rings. The number of carbonyl (C=O) groups excluding carboxylic acids is 1. The predicted octanol–water partition coefficient (Wildman–Crippen LogP) is 1.98. The molecule has 0 aliphatic carbocycles. The minimum absolute atomic E-state index is 0.0145. The number of benzene rings is 1. The molecular formula is C19H24FN3O2. The van der Waals surface area contributed by atoms with Gasteiger partial charge in [-0.15, -0.1) is 0 Å². The zero-order valence-corrected chi connectivity index (χ0v) is 14.7. The fraction of sp³-hybridized carbons (Fsp3) is 0.421. The van der Waals surface area contributed by atoms with E-state index in [1.807, 2.05) is 24.8 Å². The Labute approximate surface area is 147 Å². The summed E-state index contributed by atoms with van der Waals surface area (Å²) in [5, 5.41) is 9.02. The Morgan fingerprint density at radius 2 is 1.84 bits per heavy atom. The van der Waals surface area contributed by atoms with E-state index in [9.17, 15) is 9.18 Å². The van der Waals surface area contributed by atoms with Crippen LogP contribution in [0, 0.1) is 19.7 Å². The van der Waals surface area contributed by atoms with Gasteiger partial charge in [-0.1, -0.05) is 12.1 Å². The number of β-amino-alcohol motifs (C(OH)–C–C–N with tert-alkyl or cyclic N) is 1. The third-order valence-corrected chi connectivity index (χ3v) is 4.83. The highest BCUT2D eigenvalue weighted by molar-refractivity contribution is 5.96. The highest BCUT2D eigenvalue weighted by Gasteiger charge is 2.25. The number of aliphatic hydroxyl groups is 1. The van der Waals surface area contributed by atoms with Crippen molar-refractivity contribution in [3.05, 3.63) is 53.1 Å². The smallest absolute Gasteiger partial charge is 0.255 e. The van der Waals surface area contributed by atoms with Gasteiger partial charge in [0.25, 0.3) is 5.91 Å². The standard InChI is InChI=1S/C19H24FN3O2/c1-14-13-16(15(2)23(14)18-6-4-3-5-17(18)20)19(25)22-9-7-21(8-10-22)11-12-24/h3-6,13,24H,7-12H2,1-2H3. The van der Waals surface area contributed by atoms with Gasteiger partial charge in [0.05, 0.1) is 17.9 Å². The van der Waals surface area contributed by atoms with Crippen molar-refractivity contribution in [2.75, 3.05) is 39.3 Å². The molecule has 25 heavy (non-hydrogen) atoms. The molecule has 134 valence electrons. The maximum Gasteiger partial charge on any atom is 0.255 e. The second-order valence-electron chi connectivity index (χ2n) is 6.43. The minimum atomic E-state index is -0.305. The Hall–Kier alpha value is -2.18. The lowest BCUT2D eigenvalue weighted by molar-refractivity contribution is 0.0614. The largest absolute Gasteiger partial charge is 0.395 e. The first-order chi connectivity index (χ1) is 12.0. The van der Waals surface area contributed by atoms with Crippen LogP contribution in [-0.4, -0.2) is 64.7 Å². The van der Waals surface area contributed by atoms with Crippen molar-refractivity contribution in [2.24, 2.45) is 0 Å². The number of hydrogen-bond acceptors (Lipinski definition) is 3. The van der Waals surface area contributed by atoms with E-state index >= 15 is 0 Å². The molecule has 1 aliphatic rings. The molecule has 0 radical (unpaired) electrons. The van der Waals surface area contributed by atoms with E-state index in [-0.39, 0.29) is 18.3 Å². The van der Waals surface area contributed by atoms with Gasteiger partial charge in [0.2, 0.25) is 0 Å². The van der Waals surface area contributed by atoms with Gasteiger partial charge < -0.3 is 14.6 Å². The fourth-order valence-corrected chi connectivity index (χ4v) is 3.47. The van der Waals surface area contributed by atoms with Crippen LogP contribution in [0.15, 0.2) is 30.3 Å². The van der Waals surface area contributed by atoms with Crippen molar-refractivity contribution >= 4 is 5.91 Å². The molecule has 2 aromatic rings. The van der Waals surface area contributed by atoms with Crippen molar-refractivity contribution in [2.45, 2.75) is 13.8 Å². The van der Waals surface area contributed by atoms with Crippen LogP contribution in [0.5, 0.6) is 0 Å². The van der Waals surface area contributed by atoms with Crippen LogP contribution in [0.1, 0.15) is 21.7 Å². The quantitative estimate of drug-likeness (QED) is 0.922. The number of aromatic nitrogens is 1. The molecule has 0 unspecified atom stereocenters. The van der Waals surface area contributed by atoms with Crippen molar-refractivity contribution in [1.29, 1.82) is 0 Å². The summed E-state index contributed by atoms with van der Waals surface area (Å²) in [6.07, 6.45) is 0. The molecule has 2 heterocycles. The zero-order chi connectivity index (χ0) is 18.0. The third kappa shape index (κ3) is 3.45. The first-order valence-electron chi connectivity index (χ1n) is 8.59. The number of hydrogen-bond donors (Lipinski definition) is 1. The molecule has 0 saturated carbocycles. The van der Waals surface area contributed by atoms with Gasteiger partial charge >= 0.3 is 0 Å². The molecule has 1 N–H and O–H groups in total. The average Bonchev–Trinajstić information content (AvgIpc) is 2.90. The fourth-order valence-electron chi connectivity index (χ4n) is 3.47. The summed E-state index contributed by atoms with van der Waals surface area (Å²) in [6, 6.07) is 8.43. The molecule has 0 atom stereocenters. The van der Waals surface area contributed by atoms with Crippen LogP contribution >= 0.6 is 0 Å². The number of nitrogens with zero attached hydrogens (tertiary/aromatic N) is 3. The van der Waals surface area contributed by atoms with Gasteiger partial charge in [0, 0.05) is 44.1 Å². The first-order valence-corrected chi connectivity index (χ1v) is 8.59. The molecule has 1 saturated heterocycles.